The summed E-state index contributed by atoms with van der Waals surface area (Å²) in [5, 5.41) is 0. The van der Waals surface area contributed by atoms with Gasteiger partial charge in [-0.1, -0.05) is 80.6 Å². The van der Waals surface area contributed by atoms with Crippen LogP contribution < -0.4 is 0 Å². The van der Waals surface area contributed by atoms with Crippen LogP contribution >= 0.6 is 0 Å². The number of allylic oxidation sites excluding steroid dienone is 1. The van der Waals surface area contributed by atoms with Crippen LogP contribution in [0.4, 0.5) is 0 Å². The fourth-order valence-corrected chi connectivity index (χ4v) is 2.95. The van der Waals surface area contributed by atoms with Gasteiger partial charge in [-0.2, -0.15) is 0 Å². The van der Waals surface area contributed by atoms with Crippen molar-refractivity contribution in [3.63, 3.8) is 0 Å². The van der Waals surface area contributed by atoms with Crippen LogP contribution in [0.5, 0.6) is 0 Å². The molecule has 0 fully saturated rings. The number of hydrogen-bond acceptors (Lipinski definition) is 2. The second kappa shape index (κ2) is 12.1. The van der Waals surface area contributed by atoms with Crippen LogP contribution in [-0.2, 0) is 4.74 Å². The van der Waals surface area contributed by atoms with E-state index in [2.05, 4.69) is 18.7 Å². The summed E-state index contributed by atoms with van der Waals surface area (Å²) in [7, 11) is 0. The minimum atomic E-state index is -0.228. The fraction of sp³-hybridized carbons (Fsp3) is 0.375. The van der Waals surface area contributed by atoms with E-state index in [9.17, 15) is 4.79 Å². The summed E-state index contributed by atoms with van der Waals surface area (Å²) in [5.41, 5.74) is 2.87. The zero-order valence-electron chi connectivity index (χ0n) is 15.7. The number of carbonyl (C=O) groups excluding carboxylic acids is 1. The Morgan fingerprint density at radius 1 is 0.769 bits per heavy atom. The Hall–Kier alpha value is -2.35. The van der Waals surface area contributed by atoms with Crippen molar-refractivity contribution in [1.29, 1.82) is 0 Å². The quantitative estimate of drug-likeness (QED) is 0.238. The van der Waals surface area contributed by atoms with Gasteiger partial charge in [0.2, 0.25) is 0 Å². The van der Waals surface area contributed by atoms with Gasteiger partial charge in [0.15, 0.2) is 0 Å². The molecule has 2 aromatic rings. The second-order valence-corrected chi connectivity index (χ2v) is 6.63. The van der Waals surface area contributed by atoms with Gasteiger partial charge in [-0.15, -0.1) is 6.58 Å². The third-order valence-electron chi connectivity index (χ3n) is 4.51. The molecule has 0 heterocycles. The zero-order valence-corrected chi connectivity index (χ0v) is 15.7. The number of hydrogen-bond donors (Lipinski definition) is 0. The first kappa shape index (κ1) is 20.0. The van der Waals surface area contributed by atoms with E-state index < -0.39 is 0 Å². The molecule has 2 rings (SSSR count). The van der Waals surface area contributed by atoms with Crippen LogP contribution in [0.25, 0.3) is 11.1 Å². The molecule has 0 aromatic heterocycles. The molecule has 0 saturated carbocycles. The van der Waals surface area contributed by atoms with Crippen LogP contribution in [0.1, 0.15) is 61.7 Å². The molecule has 0 amide bonds. The molecule has 2 nitrogen and oxygen atoms in total. The topological polar surface area (TPSA) is 26.3 Å². The fourth-order valence-electron chi connectivity index (χ4n) is 2.95. The van der Waals surface area contributed by atoms with Crippen molar-refractivity contribution in [1.82, 2.24) is 0 Å². The Kier molecular flexibility index (Phi) is 9.27. The molecule has 0 aliphatic carbocycles. The molecule has 0 saturated heterocycles. The average Bonchev–Trinajstić information content (AvgIpc) is 2.70. The molecule has 0 atom stereocenters. The molecule has 0 bridgehead atoms. The highest BCUT2D eigenvalue weighted by Gasteiger charge is 2.07. The highest BCUT2D eigenvalue weighted by Crippen LogP contribution is 2.19. The summed E-state index contributed by atoms with van der Waals surface area (Å²) in [6.07, 6.45) is 11.5. The lowest BCUT2D eigenvalue weighted by molar-refractivity contribution is 0.0497. The summed E-state index contributed by atoms with van der Waals surface area (Å²) in [5.74, 6) is -0.228. The smallest absolute Gasteiger partial charge is 0.338 e. The molecule has 0 spiro atoms. The summed E-state index contributed by atoms with van der Waals surface area (Å²) in [6.45, 7) is 4.25. The van der Waals surface area contributed by atoms with Gasteiger partial charge in [0.1, 0.15) is 0 Å². The SMILES string of the molecule is C=CCCCCCCCCCOC(=O)c1ccc(-c2ccccc2)cc1. The van der Waals surface area contributed by atoms with E-state index in [0.29, 0.717) is 12.2 Å². The first-order valence-corrected chi connectivity index (χ1v) is 9.75. The average molecular weight is 351 g/mol. The highest BCUT2D eigenvalue weighted by molar-refractivity contribution is 5.90. The van der Waals surface area contributed by atoms with Crippen molar-refractivity contribution >= 4 is 5.97 Å². The van der Waals surface area contributed by atoms with E-state index in [1.54, 1.807) is 0 Å². The van der Waals surface area contributed by atoms with Crippen molar-refractivity contribution in [2.45, 2.75) is 51.4 Å². The van der Waals surface area contributed by atoms with Crippen molar-refractivity contribution in [3.05, 3.63) is 72.8 Å². The normalized spacial score (nSPS) is 10.5. The van der Waals surface area contributed by atoms with Gasteiger partial charge in [-0.3, -0.25) is 0 Å². The highest BCUT2D eigenvalue weighted by atomic mass is 16.5. The van der Waals surface area contributed by atoms with Crippen LogP contribution in [0, 0.1) is 0 Å². The first-order valence-electron chi connectivity index (χ1n) is 9.75. The Labute approximate surface area is 157 Å². The van der Waals surface area contributed by atoms with E-state index in [1.165, 1.54) is 32.1 Å². The molecular formula is C24H30O2. The van der Waals surface area contributed by atoms with E-state index >= 15 is 0 Å². The number of carbonyl (C=O) groups is 1. The summed E-state index contributed by atoms with van der Waals surface area (Å²) < 4.78 is 5.38. The summed E-state index contributed by atoms with van der Waals surface area (Å²) in [4.78, 5) is 12.1. The van der Waals surface area contributed by atoms with Gasteiger partial charge in [0.25, 0.3) is 0 Å². The number of rotatable bonds is 12. The number of benzene rings is 2. The van der Waals surface area contributed by atoms with E-state index in [1.807, 2.05) is 48.5 Å². The van der Waals surface area contributed by atoms with Crippen molar-refractivity contribution in [2.24, 2.45) is 0 Å². The van der Waals surface area contributed by atoms with Crippen molar-refractivity contribution in [2.75, 3.05) is 6.61 Å². The van der Waals surface area contributed by atoms with Gasteiger partial charge in [0, 0.05) is 0 Å². The number of ether oxygens (including phenoxy) is 1. The molecule has 138 valence electrons. The molecule has 0 unspecified atom stereocenters. The molecule has 0 aliphatic rings. The molecule has 26 heavy (non-hydrogen) atoms. The molecule has 0 radical (unpaired) electrons. The van der Waals surface area contributed by atoms with Crippen molar-refractivity contribution < 1.29 is 9.53 Å². The van der Waals surface area contributed by atoms with E-state index in [-0.39, 0.29) is 5.97 Å². The second-order valence-electron chi connectivity index (χ2n) is 6.63. The monoisotopic (exact) mass is 350 g/mol. The maximum absolute atomic E-state index is 12.1. The van der Waals surface area contributed by atoms with Crippen LogP contribution in [0.2, 0.25) is 0 Å². The molecule has 2 heteroatoms. The Balaban J connectivity index is 1.60. The van der Waals surface area contributed by atoms with E-state index in [0.717, 1.165) is 30.4 Å². The van der Waals surface area contributed by atoms with Gasteiger partial charge in [-0.05, 0) is 42.5 Å². The summed E-state index contributed by atoms with van der Waals surface area (Å²) in [6, 6.07) is 17.8. The Morgan fingerprint density at radius 3 is 2.00 bits per heavy atom. The lowest BCUT2D eigenvalue weighted by Gasteiger charge is -2.06. The van der Waals surface area contributed by atoms with Crippen LogP contribution in [0.15, 0.2) is 67.3 Å². The zero-order chi connectivity index (χ0) is 18.5. The van der Waals surface area contributed by atoms with E-state index in [4.69, 9.17) is 4.74 Å². The standard InChI is InChI=1S/C24H30O2/c1-2-3-4-5-6-7-8-9-13-20-26-24(25)23-18-16-22(17-19-23)21-14-11-10-12-15-21/h2,10-12,14-19H,1,3-9,13,20H2. The van der Waals surface area contributed by atoms with Crippen LogP contribution in [0.3, 0.4) is 0 Å². The minimum Gasteiger partial charge on any atom is -0.462 e. The van der Waals surface area contributed by atoms with Gasteiger partial charge < -0.3 is 4.74 Å². The number of esters is 1. The van der Waals surface area contributed by atoms with Crippen LogP contribution in [-0.4, -0.2) is 12.6 Å². The maximum Gasteiger partial charge on any atom is 0.338 e. The summed E-state index contributed by atoms with van der Waals surface area (Å²) >= 11 is 0. The predicted molar refractivity (Wildman–Crippen MR) is 109 cm³/mol. The van der Waals surface area contributed by atoms with Crippen molar-refractivity contribution in [3.8, 4) is 11.1 Å². The van der Waals surface area contributed by atoms with Gasteiger partial charge in [0.05, 0.1) is 12.2 Å². The minimum absolute atomic E-state index is 0.228. The Morgan fingerprint density at radius 2 is 1.35 bits per heavy atom. The molecule has 2 aromatic carbocycles. The first-order chi connectivity index (χ1) is 12.8. The largest absolute Gasteiger partial charge is 0.462 e. The lowest BCUT2D eigenvalue weighted by Crippen LogP contribution is -2.06. The number of unbranched alkanes of at least 4 members (excludes halogenated alkanes) is 7. The molecular weight excluding hydrogens is 320 g/mol. The van der Waals surface area contributed by atoms with Gasteiger partial charge >= 0.3 is 5.97 Å². The Bertz CT molecular complexity index is 644. The molecule has 0 N–H and O–H groups in total. The lowest BCUT2D eigenvalue weighted by atomic mass is 10.0. The third kappa shape index (κ3) is 7.26. The van der Waals surface area contributed by atoms with Gasteiger partial charge in [-0.25, -0.2) is 4.79 Å². The maximum atomic E-state index is 12.1. The molecule has 0 aliphatic heterocycles. The third-order valence-corrected chi connectivity index (χ3v) is 4.51. The predicted octanol–water partition coefficient (Wildman–Crippen LogP) is 6.82.